The number of hydrogen-bond donors (Lipinski definition) is 1. The van der Waals surface area contributed by atoms with Crippen molar-refractivity contribution in [1.82, 2.24) is 20.2 Å². The van der Waals surface area contributed by atoms with Crippen LogP contribution < -0.4 is 9.64 Å². The predicted octanol–water partition coefficient (Wildman–Crippen LogP) is 5.85. The fraction of sp³-hybridized carbons (Fsp3) is 0.217. The van der Waals surface area contributed by atoms with Gasteiger partial charge in [0.15, 0.2) is 23.2 Å². The molecule has 1 saturated heterocycles. The number of anilines is 1. The minimum Gasteiger partial charge on any atom is -0.483 e. The summed E-state index contributed by atoms with van der Waals surface area (Å²) in [6, 6.07) is 5.77. The normalized spacial score (nSPS) is 16.2. The third kappa shape index (κ3) is 3.79. The van der Waals surface area contributed by atoms with Gasteiger partial charge in [0.05, 0.1) is 21.6 Å². The van der Waals surface area contributed by atoms with Crippen molar-refractivity contribution in [3.8, 4) is 23.1 Å². The van der Waals surface area contributed by atoms with E-state index in [0.29, 0.717) is 50.7 Å². The van der Waals surface area contributed by atoms with E-state index in [-0.39, 0.29) is 17.6 Å². The largest absolute Gasteiger partial charge is 0.483 e. The summed E-state index contributed by atoms with van der Waals surface area (Å²) in [7, 11) is 0. The second-order valence-corrected chi connectivity index (χ2v) is 8.65. The molecule has 11 heteroatoms. The molecule has 0 saturated carbocycles. The van der Waals surface area contributed by atoms with Gasteiger partial charge in [-0.05, 0) is 25.5 Å². The van der Waals surface area contributed by atoms with Gasteiger partial charge in [0, 0.05) is 47.7 Å². The van der Waals surface area contributed by atoms with E-state index >= 15 is 0 Å². The molecule has 0 amide bonds. The second-order valence-electron chi connectivity index (χ2n) is 7.83. The Bertz CT molecular complexity index is 1430. The van der Waals surface area contributed by atoms with E-state index in [9.17, 15) is 8.78 Å². The monoisotopic (exact) mass is 500 g/mol. The van der Waals surface area contributed by atoms with Crippen molar-refractivity contribution in [2.75, 3.05) is 11.4 Å². The van der Waals surface area contributed by atoms with E-state index in [1.165, 1.54) is 36.8 Å². The van der Waals surface area contributed by atoms with Crippen molar-refractivity contribution in [3.63, 3.8) is 0 Å². The van der Waals surface area contributed by atoms with Gasteiger partial charge >= 0.3 is 0 Å². The lowest BCUT2D eigenvalue weighted by molar-refractivity contribution is 0.217. The molecular formula is C23H16Cl2F2N6O. The quantitative estimate of drug-likeness (QED) is 0.369. The van der Waals surface area contributed by atoms with Crippen LogP contribution in [0.4, 0.5) is 14.6 Å². The van der Waals surface area contributed by atoms with Crippen molar-refractivity contribution in [2.45, 2.75) is 25.5 Å². The number of benzene rings is 1. The molecule has 2 atom stereocenters. The maximum absolute atomic E-state index is 14.8. The van der Waals surface area contributed by atoms with E-state index < -0.39 is 17.7 Å². The summed E-state index contributed by atoms with van der Waals surface area (Å²) in [5.74, 6) is -1.11. The van der Waals surface area contributed by atoms with Crippen LogP contribution in [0.15, 0.2) is 36.8 Å². The first-order valence-electron chi connectivity index (χ1n) is 10.3. The highest BCUT2D eigenvalue weighted by Gasteiger charge is 2.31. The van der Waals surface area contributed by atoms with Crippen LogP contribution in [-0.4, -0.2) is 32.8 Å². The highest BCUT2D eigenvalue weighted by Crippen LogP contribution is 2.37. The Morgan fingerprint density at radius 1 is 1.18 bits per heavy atom. The van der Waals surface area contributed by atoms with Crippen molar-refractivity contribution < 1.29 is 13.5 Å². The average Bonchev–Trinajstić information content (AvgIpc) is 3.17. The molecule has 1 aromatic carbocycles. The smallest absolute Gasteiger partial charge is 0.167 e. The SMILES string of the molecule is C[C@@H](Oc1cc2c(-c3cnc(N4CCC4C#N)c(F)c3)n[nH]c2cc1F)c1c(Cl)cncc1Cl. The number of nitriles is 1. The molecule has 0 aliphatic carbocycles. The number of H-pyrrole nitrogens is 1. The molecule has 3 aromatic heterocycles. The standard InChI is InChI=1S/C23H16Cl2F2N6O/c1-11(21-15(24)9-29-10-16(21)25)34-20-5-14-19(6-17(20)26)31-32-22(14)12-4-18(27)23(30-8-12)33-3-2-13(33)7-28/h4-6,8-11,13H,2-3H2,1H3,(H,31,32)/t11-,13?/m1/s1. The third-order valence-corrected chi connectivity index (χ3v) is 6.35. The Balaban J connectivity index is 1.49. The van der Waals surface area contributed by atoms with E-state index in [1.54, 1.807) is 11.8 Å². The number of halogens is 4. The molecular weight excluding hydrogens is 485 g/mol. The highest BCUT2D eigenvalue weighted by molar-refractivity contribution is 6.35. The Morgan fingerprint density at radius 3 is 2.59 bits per heavy atom. The number of ether oxygens (including phenoxy) is 1. The molecule has 1 N–H and O–H groups in total. The minimum absolute atomic E-state index is 0.0471. The highest BCUT2D eigenvalue weighted by atomic mass is 35.5. The molecule has 0 radical (unpaired) electrons. The van der Waals surface area contributed by atoms with E-state index in [4.69, 9.17) is 33.2 Å². The fourth-order valence-corrected chi connectivity index (χ4v) is 4.61. The van der Waals surface area contributed by atoms with E-state index in [1.807, 2.05) is 0 Å². The lowest BCUT2D eigenvalue weighted by atomic mass is 10.0. The van der Waals surface area contributed by atoms with Gasteiger partial charge in [-0.1, -0.05) is 23.2 Å². The number of aromatic amines is 1. The summed E-state index contributed by atoms with van der Waals surface area (Å²) in [5, 5.41) is 17.2. The molecule has 1 aliphatic heterocycles. The molecule has 1 fully saturated rings. The molecule has 0 spiro atoms. The van der Waals surface area contributed by atoms with E-state index in [0.717, 1.165) is 0 Å². The van der Waals surface area contributed by atoms with Gasteiger partial charge in [-0.2, -0.15) is 10.4 Å². The van der Waals surface area contributed by atoms with Crippen LogP contribution in [0, 0.1) is 23.0 Å². The summed E-state index contributed by atoms with van der Waals surface area (Å²) in [6.45, 7) is 2.26. The Morgan fingerprint density at radius 2 is 1.94 bits per heavy atom. The van der Waals surface area contributed by atoms with Gasteiger partial charge in [0.2, 0.25) is 0 Å². The zero-order valence-corrected chi connectivity index (χ0v) is 19.2. The summed E-state index contributed by atoms with van der Waals surface area (Å²) in [4.78, 5) is 9.74. The molecule has 5 rings (SSSR count). The first kappa shape index (κ1) is 22.3. The van der Waals surface area contributed by atoms with Crippen LogP contribution in [0.1, 0.15) is 25.0 Å². The number of rotatable bonds is 5. The molecule has 172 valence electrons. The minimum atomic E-state index is -0.673. The summed E-state index contributed by atoms with van der Waals surface area (Å²) < 4.78 is 35.5. The molecule has 1 unspecified atom stereocenters. The number of aromatic nitrogens is 4. The Hall–Kier alpha value is -3.48. The third-order valence-electron chi connectivity index (χ3n) is 5.75. The zero-order chi connectivity index (χ0) is 24.0. The average molecular weight is 501 g/mol. The van der Waals surface area contributed by atoms with Gasteiger partial charge in [0.25, 0.3) is 0 Å². The number of hydrogen-bond acceptors (Lipinski definition) is 6. The first-order valence-corrected chi connectivity index (χ1v) is 11.1. The molecule has 4 heterocycles. The number of pyridine rings is 2. The Labute approximate surface area is 202 Å². The van der Waals surface area contributed by atoms with Crippen molar-refractivity contribution in [1.29, 1.82) is 5.26 Å². The van der Waals surface area contributed by atoms with Crippen molar-refractivity contribution in [2.24, 2.45) is 0 Å². The maximum atomic E-state index is 14.8. The summed E-state index contributed by atoms with van der Waals surface area (Å²) in [6.07, 6.45) is 4.34. The number of fused-ring (bicyclic) bond motifs is 1. The lowest BCUT2D eigenvalue weighted by Gasteiger charge is -2.37. The second kappa shape index (κ2) is 8.70. The molecule has 7 nitrogen and oxygen atoms in total. The molecule has 34 heavy (non-hydrogen) atoms. The van der Waals surface area contributed by atoms with Crippen LogP contribution in [0.2, 0.25) is 10.0 Å². The maximum Gasteiger partial charge on any atom is 0.167 e. The molecule has 1 aliphatic rings. The van der Waals surface area contributed by atoms with Crippen LogP contribution in [0.25, 0.3) is 22.2 Å². The summed E-state index contributed by atoms with van der Waals surface area (Å²) in [5.41, 5.74) is 1.66. The predicted molar refractivity (Wildman–Crippen MR) is 124 cm³/mol. The zero-order valence-electron chi connectivity index (χ0n) is 17.7. The van der Waals surface area contributed by atoms with Crippen LogP contribution >= 0.6 is 23.2 Å². The van der Waals surface area contributed by atoms with Crippen LogP contribution in [0.5, 0.6) is 5.75 Å². The summed E-state index contributed by atoms with van der Waals surface area (Å²) >= 11 is 12.4. The fourth-order valence-electron chi connectivity index (χ4n) is 3.93. The first-order chi connectivity index (χ1) is 16.4. The van der Waals surface area contributed by atoms with Crippen LogP contribution in [-0.2, 0) is 0 Å². The van der Waals surface area contributed by atoms with Gasteiger partial charge < -0.3 is 9.64 Å². The van der Waals surface area contributed by atoms with Crippen LogP contribution in [0.3, 0.4) is 0 Å². The van der Waals surface area contributed by atoms with Gasteiger partial charge in [-0.25, -0.2) is 13.8 Å². The number of nitrogens with one attached hydrogen (secondary N) is 1. The van der Waals surface area contributed by atoms with Gasteiger partial charge in [-0.3, -0.25) is 10.1 Å². The van der Waals surface area contributed by atoms with E-state index in [2.05, 4.69) is 26.2 Å². The van der Waals surface area contributed by atoms with Crippen molar-refractivity contribution in [3.05, 3.63) is 64.0 Å². The topological polar surface area (TPSA) is 90.7 Å². The molecule has 0 bridgehead atoms. The Kier molecular flexibility index (Phi) is 5.71. The number of nitrogens with zero attached hydrogens (tertiary/aromatic N) is 5. The lowest BCUT2D eigenvalue weighted by Crippen LogP contribution is -2.47. The van der Waals surface area contributed by atoms with Gasteiger partial charge in [-0.15, -0.1) is 0 Å². The van der Waals surface area contributed by atoms with Gasteiger partial charge in [0.1, 0.15) is 17.8 Å². The molecule has 4 aromatic rings. The van der Waals surface area contributed by atoms with Crippen molar-refractivity contribution >= 4 is 39.9 Å².